The van der Waals surface area contributed by atoms with Crippen LogP contribution in [0.5, 0.6) is 5.75 Å². The van der Waals surface area contributed by atoms with Gasteiger partial charge in [0.15, 0.2) is 0 Å². The number of ether oxygens (including phenoxy) is 1. The Bertz CT molecular complexity index is 889. The van der Waals surface area contributed by atoms with Crippen LogP contribution in [-0.4, -0.2) is 27.7 Å². The van der Waals surface area contributed by atoms with Crippen molar-refractivity contribution in [2.45, 2.75) is 12.8 Å². The number of hydrogen-bond acceptors (Lipinski definition) is 4. The molecule has 0 fully saturated rings. The summed E-state index contributed by atoms with van der Waals surface area (Å²) in [4.78, 5) is 4.12. The second kappa shape index (κ2) is 5.80. The molecule has 0 aliphatic carbocycles. The lowest BCUT2D eigenvalue weighted by Gasteiger charge is -2.10. The van der Waals surface area contributed by atoms with E-state index in [2.05, 4.69) is 20.1 Å². The lowest BCUT2D eigenvalue weighted by molar-refractivity contribution is -0.274. The second-order valence-electron chi connectivity index (χ2n) is 5.55. The molecule has 5 nitrogen and oxygen atoms in total. The van der Waals surface area contributed by atoms with Crippen LogP contribution in [0, 0.1) is 0 Å². The van der Waals surface area contributed by atoms with Gasteiger partial charge in [0.05, 0.1) is 11.4 Å². The van der Waals surface area contributed by atoms with Crippen molar-refractivity contribution in [2.24, 2.45) is 0 Å². The Kier molecular flexibility index (Phi) is 3.60. The SMILES string of the molecule is FC(F)(F)Oc1ccc(-n2nc(-c3cccnc3)c3c2NCC3)cc1. The van der Waals surface area contributed by atoms with Gasteiger partial charge in [-0.05, 0) is 42.8 Å². The minimum absolute atomic E-state index is 0.263. The first kappa shape index (κ1) is 15.5. The van der Waals surface area contributed by atoms with E-state index >= 15 is 0 Å². The summed E-state index contributed by atoms with van der Waals surface area (Å²) in [5.41, 5.74) is 3.45. The molecule has 0 saturated carbocycles. The minimum atomic E-state index is -4.70. The molecule has 4 rings (SSSR count). The average molecular weight is 346 g/mol. The summed E-state index contributed by atoms with van der Waals surface area (Å²) in [7, 11) is 0. The van der Waals surface area contributed by atoms with Gasteiger partial charge in [0.2, 0.25) is 0 Å². The third-order valence-electron chi connectivity index (χ3n) is 3.90. The molecule has 1 N–H and O–H groups in total. The molecule has 0 radical (unpaired) electrons. The van der Waals surface area contributed by atoms with Crippen LogP contribution in [0.3, 0.4) is 0 Å². The van der Waals surface area contributed by atoms with Crippen LogP contribution >= 0.6 is 0 Å². The third-order valence-corrected chi connectivity index (χ3v) is 3.90. The smallest absolute Gasteiger partial charge is 0.406 e. The van der Waals surface area contributed by atoms with Crippen LogP contribution in [0.1, 0.15) is 5.56 Å². The van der Waals surface area contributed by atoms with Crippen molar-refractivity contribution in [3.8, 4) is 22.7 Å². The molecule has 1 aliphatic rings. The molecule has 128 valence electrons. The topological polar surface area (TPSA) is 52.0 Å². The Balaban J connectivity index is 1.72. The molecule has 0 bridgehead atoms. The molecule has 0 unspecified atom stereocenters. The molecule has 25 heavy (non-hydrogen) atoms. The quantitative estimate of drug-likeness (QED) is 0.784. The number of halogens is 3. The average Bonchev–Trinajstić information content (AvgIpc) is 3.17. The van der Waals surface area contributed by atoms with Crippen molar-refractivity contribution in [3.05, 3.63) is 54.4 Å². The summed E-state index contributed by atoms with van der Waals surface area (Å²) < 4.78 is 42.4. The van der Waals surface area contributed by atoms with Crippen LogP contribution in [-0.2, 0) is 6.42 Å². The standard InChI is InChI=1S/C17H13F3N4O/c18-17(19,20)25-13-5-3-12(4-6-13)24-16-14(7-9-22-16)15(23-24)11-2-1-8-21-10-11/h1-6,8,10,22H,7,9H2. The summed E-state index contributed by atoms with van der Waals surface area (Å²) >= 11 is 0. The summed E-state index contributed by atoms with van der Waals surface area (Å²) in [6.45, 7) is 0.787. The Morgan fingerprint density at radius 2 is 1.92 bits per heavy atom. The van der Waals surface area contributed by atoms with E-state index in [1.807, 2.05) is 12.1 Å². The first-order chi connectivity index (χ1) is 12.0. The Morgan fingerprint density at radius 3 is 2.60 bits per heavy atom. The molecule has 0 atom stereocenters. The van der Waals surface area contributed by atoms with E-state index in [1.54, 1.807) is 29.2 Å². The van der Waals surface area contributed by atoms with Crippen molar-refractivity contribution in [2.75, 3.05) is 11.9 Å². The molecule has 8 heteroatoms. The van der Waals surface area contributed by atoms with Crippen molar-refractivity contribution in [1.29, 1.82) is 0 Å². The number of hydrogen-bond donors (Lipinski definition) is 1. The van der Waals surface area contributed by atoms with E-state index in [1.165, 1.54) is 12.1 Å². The number of rotatable bonds is 3. The van der Waals surface area contributed by atoms with Gasteiger partial charge in [0, 0.05) is 30.1 Å². The van der Waals surface area contributed by atoms with Crippen LogP contribution < -0.4 is 10.1 Å². The van der Waals surface area contributed by atoms with Crippen molar-refractivity contribution < 1.29 is 17.9 Å². The van der Waals surface area contributed by atoms with Crippen molar-refractivity contribution >= 4 is 5.82 Å². The fourth-order valence-electron chi connectivity index (χ4n) is 2.89. The zero-order chi connectivity index (χ0) is 17.4. The lowest BCUT2D eigenvalue weighted by atomic mass is 10.1. The van der Waals surface area contributed by atoms with Crippen LogP contribution in [0.25, 0.3) is 16.9 Å². The number of anilines is 1. The molecule has 3 aromatic rings. The highest BCUT2D eigenvalue weighted by Gasteiger charge is 2.31. The number of nitrogens with one attached hydrogen (secondary N) is 1. The van der Waals surface area contributed by atoms with E-state index in [-0.39, 0.29) is 5.75 Å². The van der Waals surface area contributed by atoms with Gasteiger partial charge >= 0.3 is 6.36 Å². The zero-order valence-corrected chi connectivity index (χ0v) is 12.9. The molecule has 0 spiro atoms. The van der Waals surface area contributed by atoms with Gasteiger partial charge in [0.1, 0.15) is 11.6 Å². The first-order valence-electron chi connectivity index (χ1n) is 7.63. The summed E-state index contributed by atoms with van der Waals surface area (Å²) in [5.74, 6) is 0.587. The fourth-order valence-corrected chi connectivity index (χ4v) is 2.89. The van der Waals surface area contributed by atoms with E-state index in [0.717, 1.165) is 35.6 Å². The monoisotopic (exact) mass is 346 g/mol. The van der Waals surface area contributed by atoms with Gasteiger partial charge in [0.25, 0.3) is 0 Å². The predicted octanol–water partition coefficient (Wildman–Crippen LogP) is 3.80. The van der Waals surface area contributed by atoms with Gasteiger partial charge in [-0.25, -0.2) is 4.68 Å². The van der Waals surface area contributed by atoms with E-state index < -0.39 is 6.36 Å². The maximum Gasteiger partial charge on any atom is 0.573 e. The number of pyridine rings is 1. The van der Waals surface area contributed by atoms with Crippen LogP contribution in [0.15, 0.2) is 48.8 Å². The maximum absolute atomic E-state index is 12.3. The largest absolute Gasteiger partial charge is 0.573 e. The van der Waals surface area contributed by atoms with Crippen LogP contribution in [0.2, 0.25) is 0 Å². The highest BCUT2D eigenvalue weighted by Crippen LogP contribution is 2.34. The second-order valence-corrected chi connectivity index (χ2v) is 5.55. The molecule has 0 saturated heterocycles. The van der Waals surface area contributed by atoms with Gasteiger partial charge in [-0.2, -0.15) is 5.10 Å². The number of alkyl halides is 3. The fraction of sp³-hybridized carbons (Fsp3) is 0.176. The zero-order valence-electron chi connectivity index (χ0n) is 12.9. The normalized spacial score (nSPS) is 13.4. The van der Waals surface area contributed by atoms with E-state index in [9.17, 15) is 13.2 Å². The Morgan fingerprint density at radius 1 is 1.12 bits per heavy atom. The van der Waals surface area contributed by atoms with Gasteiger partial charge < -0.3 is 10.1 Å². The highest BCUT2D eigenvalue weighted by molar-refractivity contribution is 5.72. The molecule has 2 aromatic heterocycles. The number of aromatic nitrogens is 3. The maximum atomic E-state index is 12.3. The van der Waals surface area contributed by atoms with Gasteiger partial charge in [-0.15, -0.1) is 13.2 Å². The van der Waals surface area contributed by atoms with E-state index in [0.29, 0.717) is 5.69 Å². The third kappa shape index (κ3) is 3.02. The summed E-state index contributed by atoms with van der Waals surface area (Å²) in [5, 5.41) is 7.91. The molecular weight excluding hydrogens is 333 g/mol. The highest BCUT2D eigenvalue weighted by atomic mass is 19.4. The molecule has 1 aliphatic heterocycles. The number of benzene rings is 1. The number of fused-ring (bicyclic) bond motifs is 1. The van der Waals surface area contributed by atoms with Gasteiger partial charge in [-0.3, -0.25) is 4.98 Å². The molecule has 1 aromatic carbocycles. The Hall–Kier alpha value is -3.03. The van der Waals surface area contributed by atoms with Gasteiger partial charge in [-0.1, -0.05) is 0 Å². The summed E-state index contributed by atoms with van der Waals surface area (Å²) in [6, 6.07) is 9.40. The van der Waals surface area contributed by atoms with Crippen LogP contribution in [0.4, 0.5) is 19.0 Å². The first-order valence-corrected chi connectivity index (χ1v) is 7.63. The van der Waals surface area contributed by atoms with E-state index in [4.69, 9.17) is 0 Å². The Labute approximate surface area is 141 Å². The molecule has 0 amide bonds. The lowest BCUT2D eigenvalue weighted by Crippen LogP contribution is -2.17. The minimum Gasteiger partial charge on any atom is -0.406 e. The van der Waals surface area contributed by atoms with Crippen molar-refractivity contribution in [1.82, 2.24) is 14.8 Å². The molecule has 3 heterocycles. The molecular formula is C17H13F3N4O. The number of nitrogens with zero attached hydrogens (tertiary/aromatic N) is 3. The predicted molar refractivity (Wildman–Crippen MR) is 85.7 cm³/mol. The summed E-state index contributed by atoms with van der Waals surface area (Å²) in [6.07, 6.45) is -0.442. The van der Waals surface area contributed by atoms with Crippen molar-refractivity contribution in [3.63, 3.8) is 0 Å².